The molecule has 0 saturated carbocycles. The Morgan fingerprint density at radius 1 is 1.30 bits per heavy atom. The van der Waals surface area contributed by atoms with E-state index in [-0.39, 0.29) is 11.6 Å². The maximum atomic E-state index is 12.5. The third kappa shape index (κ3) is 4.41. The van der Waals surface area contributed by atoms with Gasteiger partial charge in [0.25, 0.3) is 0 Å². The largest absolute Gasteiger partial charge is 0.451 e. The Morgan fingerprint density at radius 3 is 2.65 bits per heavy atom. The molecule has 1 aliphatic rings. The minimum atomic E-state index is -4.59. The molecule has 5 nitrogen and oxygen atoms in total. The van der Waals surface area contributed by atoms with Crippen molar-refractivity contribution in [3.8, 4) is 0 Å². The smallest absolute Gasteiger partial charge is 0.384 e. The van der Waals surface area contributed by atoms with E-state index in [1.165, 1.54) is 6.07 Å². The van der Waals surface area contributed by atoms with Gasteiger partial charge in [-0.25, -0.2) is 9.97 Å². The summed E-state index contributed by atoms with van der Waals surface area (Å²) < 4.78 is 37.6. The van der Waals surface area contributed by atoms with Crippen molar-refractivity contribution in [2.24, 2.45) is 0 Å². The molecule has 1 saturated heterocycles. The summed E-state index contributed by atoms with van der Waals surface area (Å²) in [7, 11) is 0. The van der Waals surface area contributed by atoms with Crippen molar-refractivity contribution in [1.29, 1.82) is 0 Å². The van der Waals surface area contributed by atoms with Crippen LogP contribution in [0.4, 0.5) is 24.8 Å². The van der Waals surface area contributed by atoms with E-state index in [1.807, 2.05) is 11.8 Å². The fraction of sp³-hybridized carbons (Fsp3) is 0.636. The van der Waals surface area contributed by atoms with E-state index in [0.717, 1.165) is 31.1 Å². The van der Waals surface area contributed by atoms with Gasteiger partial charge in [0.05, 0.1) is 0 Å². The highest BCUT2D eigenvalue weighted by atomic mass is 32.2. The van der Waals surface area contributed by atoms with Crippen molar-refractivity contribution < 1.29 is 13.2 Å². The third-order valence-corrected chi connectivity index (χ3v) is 3.78. The molecule has 1 aromatic heterocycles. The van der Waals surface area contributed by atoms with Gasteiger partial charge in [-0.1, -0.05) is 0 Å². The highest BCUT2D eigenvalue weighted by molar-refractivity contribution is 7.99. The average molecular weight is 307 g/mol. The molecule has 0 radical (unpaired) electrons. The maximum Gasteiger partial charge on any atom is 0.451 e. The molecular formula is C11H16F3N5S. The predicted molar refractivity (Wildman–Crippen MR) is 73.7 cm³/mol. The van der Waals surface area contributed by atoms with Crippen LogP contribution in [0.15, 0.2) is 6.07 Å². The fourth-order valence-electron chi connectivity index (χ4n) is 1.85. The normalized spacial score (nSPS) is 17.1. The third-order valence-electron chi connectivity index (χ3n) is 2.84. The van der Waals surface area contributed by atoms with Crippen molar-refractivity contribution in [3.63, 3.8) is 0 Å². The summed E-state index contributed by atoms with van der Waals surface area (Å²) in [6.45, 7) is 3.31. The molecule has 20 heavy (non-hydrogen) atoms. The molecule has 112 valence electrons. The van der Waals surface area contributed by atoms with Gasteiger partial charge < -0.3 is 11.1 Å². The Labute approximate surface area is 119 Å². The van der Waals surface area contributed by atoms with E-state index < -0.39 is 12.0 Å². The number of halogens is 3. The van der Waals surface area contributed by atoms with Gasteiger partial charge in [-0.15, -0.1) is 0 Å². The number of hydrogen-bond donors (Lipinski definition) is 2. The summed E-state index contributed by atoms with van der Waals surface area (Å²) in [4.78, 5) is 8.89. The number of rotatable bonds is 4. The predicted octanol–water partition coefficient (Wildman–Crippen LogP) is 1.54. The standard InChI is InChI=1S/C11H16F3N5S/c12-11(13,14)10-17-8(15)7-9(18-10)16-1-2-19-3-5-20-6-4-19/h7H,1-6H2,(H3,15,16,17,18). The van der Waals surface area contributed by atoms with E-state index in [4.69, 9.17) is 5.73 Å². The summed E-state index contributed by atoms with van der Waals surface area (Å²) in [6, 6.07) is 1.31. The molecule has 0 amide bonds. The fourth-order valence-corrected chi connectivity index (χ4v) is 2.83. The lowest BCUT2D eigenvalue weighted by atomic mass is 10.4. The lowest BCUT2D eigenvalue weighted by molar-refractivity contribution is -0.144. The zero-order valence-corrected chi connectivity index (χ0v) is 11.6. The SMILES string of the molecule is Nc1cc(NCCN2CCSCC2)nc(C(F)(F)F)n1. The number of aromatic nitrogens is 2. The Hall–Kier alpha value is -1.22. The monoisotopic (exact) mass is 307 g/mol. The maximum absolute atomic E-state index is 12.5. The van der Waals surface area contributed by atoms with Crippen LogP contribution in [0.3, 0.4) is 0 Å². The summed E-state index contributed by atoms with van der Waals surface area (Å²) in [5.74, 6) is 0.895. The first-order valence-electron chi connectivity index (χ1n) is 6.21. The second kappa shape index (κ2) is 6.49. The Morgan fingerprint density at radius 2 is 2.00 bits per heavy atom. The zero-order valence-electron chi connectivity index (χ0n) is 10.8. The van der Waals surface area contributed by atoms with Gasteiger partial charge >= 0.3 is 6.18 Å². The first-order valence-corrected chi connectivity index (χ1v) is 7.36. The molecule has 0 aliphatic carbocycles. The number of thioether (sulfide) groups is 1. The summed E-state index contributed by atoms with van der Waals surface area (Å²) in [6.07, 6.45) is -4.59. The van der Waals surface area contributed by atoms with Crippen LogP contribution in [0.5, 0.6) is 0 Å². The molecule has 2 heterocycles. The molecule has 2 rings (SSSR count). The van der Waals surface area contributed by atoms with Crippen molar-refractivity contribution >= 4 is 23.4 Å². The number of alkyl halides is 3. The van der Waals surface area contributed by atoms with Crippen LogP contribution in [0, 0.1) is 0 Å². The minimum Gasteiger partial charge on any atom is -0.384 e. The molecule has 0 unspecified atom stereocenters. The quantitative estimate of drug-likeness (QED) is 0.879. The van der Waals surface area contributed by atoms with Gasteiger partial charge in [-0.05, 0) is 0 Å². The van der Waals surface area contributed by atoms with Crippen LogP contribution in [-0.2, 0) is 6.18 Å². The number of nitrogen functional groups attached to an aromatic ring is 1. The minimum absolute atomic E-state index is 0.108. The number of nitrogens with two attached hydrogens (primary N) is 1. The van der Waals surface area contributed by atoms with Crippen LogP contribution in [0.1, 0.15) is 5.82 Å². The average Bonchev–Trinajstić information content (AvgIpc) is 2.38. The molecular weight excluding hydrogens is 291 g/mol. The van der Waals surface area contributed by atoms with Gasteiger partial charge in [0.2, 0.25) is 5.82 Å². The van der Waals surface area contributed by atoms with Gasteiger partial charge in [0.15, 0.2) is 0 Å². The highest BCUT2D eigenvalue weighted by Gasteiger charge is 2.35. The van der Waals surface area contributed by atoms with Crippen molar-refractivity contribution in [2.75, 3.05) is 48.7 Å². The van der Waals surface area contributed by atoms with Gasteiger partial charge in [0.1, 0.15) is 11.6 Å². The molecule has 1 fully saturated rings. The van der Waals surface area contributed by atoms with Crippen LogP contribution in [0.2, 0.25) is 0 Å². The lowest BCUT2D eigenvalue weighted by Gasteiger charge is -2.26. The van der Waals surface area contributed by atoms with Gasteiger partial charge in [-0.2, -0.15) is 24.9 Å². The van der Waals surface area contributed by atoms with Crippen LogP contribution >= 0.6 is 11.8 Å². The molecule has 9 heteroatoms. The van der Waals surface area contributed by atoms with E-state index in [0.29, 0.717) is 6.54 Å². The highest BCUT2D eigenvalue weighted by Crippen LogP contribution is 2.27. The molecule has 0 spiro atoms. The van der Waals surface area contributed by atoms with Crippen LogP contribution < -0.4 is 11.1 Å². The van der Waals surface area contributed by atoms with E-state index in [2.05, 4.69) is 20.2 Å². The van der Waals surface area contributed by atoms with Crippen LogP contribution in [0.25, 0.3) is 0 Å². The van der Waals surface area contributed by atoms with E-state index in [1.54, 1.807) is 0 Å². The Balaban J connectivity index is 1.90. The van der Waals surface area contributed by atoms with Crippen molar-refractivity contribution in [1.82, 2.24) is 14.9 Å². The Kier molecular flexibility index (Phi) is 4.92. The number of nitrogens with one attached hydrogen (secondary N) is 1. The Bertz CT molecular complexity index is 448. The first kappa shape index (κ1) is 15.2. The molecule has 0 aromatic carbocycles. The topological polar surface area (TPSA) is 67.1 Å². The van der Waals surface area contributed by atoms with Crippen molar-refractivity contribution in [3.05, 3.63) is 11.9 Å². The number of anilines is 2. The summed E-state index contributed by atoms with van der Waals surface area (Å²) in [5, 5.41) is 2.87. The molecule has 1 aromatic rings. The lowest BCUT2D eigenvalue weighted by Crippen LogP contribution is -2.36. The number of hydrogen-bond acceptors (Lipinski definition) is 6. The van der Waals surface area contributed by atoms with E-state index >= 15 is 0 Å². The number of nitrogens with zero attached hydrogens (tertiary/aromatic N) is 3. The molecule has 0 bridgehead atoms. The van der Waals surface area contributed by atoms with Gasteiger partial charge in [0, 0.05) is 43.8 Å². The second-order valence-corrected chi connectivity index (χ2v) is 5.60. The first-order chi connectivity index (χ1) is 9.45. The van der Waals surface area contributed by atoms with E-state index in [9.17, 15) is 13.2 Å². The molecule has 0 atom stereocenters. The second-order valence-electron chi connectivity index (χ2n) is 4.38. The van der Waals surface area contributed by atoms with Crippen molar-refractivity contribution in [2.45, 2.75) is 6.18 Å². The summed E-state index contributed by atoms with van der Waals surface area (Å²) in [5.41, 5.74) is 5.37. The van der Waals surface area contributed by atoms with Gasteiger partial charge in [-0.3, -0.25) is 4.90 Å². The molecule has 3 N–H and O–H groups in total. The van der Waals surface area contributed by atoms with Crippen LogP contribution in [-0.4, -0.2) is 52.6 Å². The molecule has 1 aliphatic heterocycles. The zero-order chi connectivity index (χ0) is 14.6. The summed E-state index contributed by atoms with van der Waals surface area (Å²) >= 11 is 1.91.